The zero-order valence-corrected chi connectivity index (χ0v) is 12.3. The van der Waals surface area contributed by atoms with E-state index in [9.17, 15) is 4.21 Å². The third-order valence-electron chi connectivity index (χ3n) is 3.42. The van der Waals surface area contributed by atoms with Crippen molar-refractivity contribution >= 4 is 11.0 Å². The summed E-state index contributed by atoms with van der Waals surface area (Å²) in [6.45, 7) is 6.04. The highest BCUT2D eigenvalue weighted by molar-refractivity contribution is 7.84. The lowest BCUT2D eigenvalue weighted by Crippen LogP contribution is -2.35. The highest BCUT2D eigenvalue weighted by atomic mass is 32.2. The van der Waals surface area contributed by atoms with Crippen LogP contribution in [0.25, 0.3) is 0 Å². The quantitative estimate of drug-likeness (QED) is 0.815. The molecule has 3 heteroatoms. The normalized spacial score (nSPS) is 22.1. The minimum atomic E-state index is -1.000. The highest BCUT2D eigenvalue weighted by Crippen LogP contribution is 2.29. The molecule has 0 aliphatic heterocycles. The molecule has 1 aromatic rings. The summed E-state index contributed by atoms with van der Waals surface area (Å²) in [6, 6.07) is 8.80. The number of hydrogen-bond acceptors (Lipinski definition) is 1. The van der Waals surface area contributed by atoms with Gasteiger partial charge in [-0.25, -0.2) is 8.93 Å². The Kier molecular flexibility index (Phi) is 4.23. The maximum absolute atomic E-state index is 12.3. The Bertz CT molecular complexity index is 436. The van der Waals surface area contributed by atoms with Crippen LogP contribution in [0.2, 0.25) is 0 Å². The van der Waals surface area contributed by atoms with E-state index < -0.39 is 11.0 Å². The Balaban J connectivity index is 2.21. The molecule has 2 rings (SSSR count). The van der Waals surface area contributed by atoms with E-state index in [1.54, 1.807) is 0 Å². The molecule has 2 atom stereocenters. The van der Waals surface area contributed by atoms with Crippen LogP contribution in [0.15, 0.2) is 24.3 Å². The Labute approximate surface area is 113 Å². The lowest BCUT2D eigenvalue weighted by Gasteiger charge is -2.24. The first-order valence-corrected chi connectivity index (χ1v) is 7.89. The van der Waals surface area contributed by atoms with Gasteiger partial charge in [0, 0.05) is 6.04 Å². The second-order valence-electron chi connectivity index (χ2n) is 6.00. The van der Waals surface area contributed by atoms with E-state index in [1.165, 1.54) is 24.0 Å². The molecule has 1 N–H and O–H groups in total. The molecule has 2 nitrogen and oxygen atoms in total. The van der Waals surface area contributed by atoms with Gasteiger partial charge >= 0.3 is 0 Å². The van der Waals surface area contributed by atoms with Crippen molar-refractivity contribution in [3.63, 3.8) is 0 Å². The van der Waals surface area contributed by atoms with Gasteiger partial charge in [0.1, 0.15) is 0 Å². The van der Waals surface area contributed by atoms with E-state index in [1.807, 2.05) is 20.8 Å². The average molecular weight is 265 g/mol. The van der Waals surface area contributed by atoms with Crippen LogP contribution in [0.3, 0.4) is 0 Å². The first-order chi connectivity index (χ1) is 8.48. The van der Waals surface area contributed by atoms with Crippen molar-refractivity contribution in [2.24, 2.45) is 0 Å². The molecule has 0 aromatic heterocycles. The van der Waals surface area contributed by atoms with Gasteiger partial charge in [-0.3, -0.25) is 0 Å². The average Bonchev–Trinajstić information content (AvgIpc) is 2.51. The number of fused-ring (bicyclic) bond motifs is 1. The van der Waals surface area contributed by atoms with Crippen LogP contribution in [0, 0.1) is 0 Å². The molecule has 1 aliphatic rings. The van der Waals surface area contributed by atoms with Crippen molar-refractivity contribution in [2.75, 3.05) is 0 Å². The standard InChI is InChI=1S/C15H23NOS/c1-15(2,3)18(17)16-14-11-7-5-9-12-8-4-6-10-13(12)14/h4,6,8,10,14,16H,5,7,9,11H2,1-3H3/t14-,18-/m1/s1. The summed E-state index contributed by atoms with van der Waals surface area (Å²) in [5, 5.41) is 0. The van der Waals surface area contributed by atoms with E-state index in [0.29, 0.717) is 0 Å². The number of aryl methyl sites for hydroxylation is 1. The highest BCUT2D eigenvalue weighted by Gasteiger charge is 2.25. The monoisotopic (exact) mass is 265 g/mol. The summed E-state index contributed by atoms with van der Waals surface area (Å²) in [5.74, 6) is 0. The maximum Gasteiger partial charge on any atom is 0.0975 e. The zero-order valence-electron chi connectivity index (χ0n) is 11.5. The Hall–Kier alpha value is -0.670. The molecule has 0 fully saturated rings. The number of benzene rings is 1. The Morgan fingerprint density at radius 1 is 1.22 bits per heavy atom. The predicted molar refractivity (Wildman–Crippen MR) is 77.8 cm³/mol. The van der Waals surface area contributed by atoms with Crippen LogP contribution < -0.4 is 4.72 Å². The molecule has 18 heavy (non-hydrogen) atoms. The van der Waals surface area contributed by atoms with Crippen molar-refractivity contribution in [2.45, 2.75) is 57.2 Å². The van der Waals surface area contributed by atoms with Gasteiger partial charge in [0.2, 0.25) is 0 Å². The van der Waals surface area contributed by atoms with E-state index in [-0.39, 0.29) is 10.8 Å². The summed E-state index contributed by atoms with van der Waals surface area (Å²) in [5.41, 5.74) is 2.76. The molecule has 0 radical (unpaired) electrons. The van der Waals surface area contributed by atoms with Crippen LogP contribution in [0.5, 0.6) is 0 Å². The number of nitrogens with one attached hydrogen (secondary N) is 1. The van der Waals surface area contributed by atoms with Crippen molar-refractivity contribution < 1.29 is 4.21 Å². The van der Waals surface area contributed by atoms with Gasteiger partial charge < -0.3 is 0 Å². The van der Waals surface area contributed by atoms with Gasteiger partial charge in [0.25, 0.3) is 0 Å². The molecule has 100 valence electrons. The van der Waals surface area contributed by atoms with Gasteiger partial charge in [-0.15, -0.1) is 0 Å². The van der Waals surface area contributed by atoms with E-state index in [0.717, 1.165) is 12.8 Å². The molecular formula is C15H23NOS. The molecule has 0 spiro atoms. The fourth-order valence-electron chi connectivity index (χ4n) is 2.35. The van der Waals surface area contributed by atoms with Crippen LogP contribution >= 0.6 is 0 Å². The van der Waals surface area contributed by atoms with E-state index in [4.69, 9.17) is 0 Å². The summed E-state index contributed by atoms with van der Waals surface area (Å²) >= 11 is 0. The second-order valence-corrected chi connectivity index (χ2v) is 7.99. The fourth-order valence-corrected chi connectivity index (χ4v) is 3.21. The van der Waals surface area contributed by atoms with Gasteiger partial charge in [0.05, 0.1) is 15.7 Å². The smallest absolute Gasteiger partial charge is 0.0975 e. The minimum Gasteiger partial charge on any atom is -0.242 e. The summed E-state index contributed by atoms with van der Waals surface area (Å²) < 4.78 is 15.4. The number of hydrogen-bond donors (Lipinski definition) is 1. The molecule has 0 unspecified atom stereocenters. The summed E-state index contributed by atoms with van der Waals surface area (Å²) in [7, 11) is -1.000. The second kappa shape index (κ2) is 5.54. The molecule has 1 aromatic carbocycles. The molecule has 0 amide bonds. The van der Waals surface area contributed by atoms with Crippen LogP contribution in [0.4, 0.5) is 0 Å². The zero-order chi connectivity index (χ0) is 13.2. The van der Waals surface area contributed by atoms with Gasteiger partial charge in [0.15, 0.2) is 0 Å². The van der Waals surface area contributed by atoms with Crippen molar-refractivity contribution in [3.05, 3.63) is 35.4 Å². The van der Waals surface area contributed by atoms with Crippen molar-refractivity contribution in [3.8, 4) is 0 Å². The third kappa shape index (κ3) is 3.21. The minimum absolute atomic E-state index is 0.207. The van der Waals surface area contributed by atoms with Gasteiger partial charge in [-0.2, -0.15) is 0 Å². The lowest BCUT2D eigenvalue weighted by molar-refractivity contribution is 0.557. The van der Waals surface area contributed by atoms with E-state index in [2.05, 4.69) is 29.0 Å². The van der Waals surface area contributed by atoms with Crippen molar-refractivity contribution in [1.82, 2.24) is 4.72 Å². The van der Waals surface area contributed by atoms with Gasteiger partial charge in [-0.05, 0) is 51.2 Å². The maximum atomic E-state index is 12.3. The summed E-state index contributed by atoms with van der Waals surface area (Å²) in [4.78, 5) is 0. The Morgan fingerprint density at radius 3 is 2.67 bits per heavy atom. The first-order valence-electron chi connectivity index (χ1n) is 6.74. The van der Waals surface area contributed by atoms with E-state index >= 15 is 0 Å². The van der Waals surface area contributed by atoms with Crippen molar-refractivity contribution in [1.29, 1.82) is 0 Å². The number of rotatable bonds is 2. The SMILES string of the molecule is CC(C)(C)[S@@](=O)N[C@@H]1CCCCc2ccccc21. The Morgan fingerprint density at radius 2 is 1.94 bits per heavy atom. The molecule has 0 heterocycles. The van der Waals surface area contributed by atoms with Gasteiger partial charge in [-0.1, -0.05) is 30.7 Å². The lowest BCUT2D eigenvalue weighted by atomic mass is 10.0. The first kappa shape index (κ1) is 13.8. The molecule has 0 saturated carbocycles. The van der Waals surface area contributed by atoms with Crippen LogP contribution in [-0.2, 0) is 17.4 Å². The molecule has 0 saturated heterocycles. The third-order valence-corrected chi connectivity index (χ3v) is 5.04. The summed E-state index contributed by atoms with van der Waals surface area (Å²) in [6.07, 6.45) is 4.67. The molecule has 0 bridgehead atoms. The molecular weight excluding hydrogens is 242 g/mol. The largest absolute Gasteiger partial charge is 0.242 e. The predicted octanol–water partition coefficient (Wildman–Crippen LogP) is 3.51. The topological polar surface area (TPSA) is 29.1 Å². The molecule has 1 aliphatic carbocycles. The fraction of sp³-hybridized carbons (Fsp3) is 0.600. The van der Waals surface area contributed by atoms with Crippen LogP contribution in [0.1, 0.15) is 57.2 Å². The van der Waals surface area contributed by atoms with Crippen LogP contribution in [-0.4, -0.2) is 8.96 Å².